The molecule has 3 aliphatic heterocycles. The van der Waals surface area contributed by atoms with Crippen LogP contribution in [-0.4, -0.2) is 83.5 Å². The van der Waals surface area contributed by atoms with Crippen LogP contribution < -0.4 is 17.1 Å². The van der Waals surface area contributed by atoms with Crippen molar-refractivity contribution in [3.8, 4) is 0 Å². The van der Waals surface area contributed by atoms with Gasteiger partial charge in [0.1, 0.15) is 0 Å². The normalized spacial score (nSPS) is 15.9. The van der Waals surface area contributed by atoms with Gasteiger partial charge in [0.2, 0.25) is 0 Å². The smallest absolute Gasteiger partial charge is 0.275 e. The molecular weight excluding hydrogens is 624 g/mol. The van der Waals surface area contributed by atoms with E-state index < -0.39 is 17.1 Å². The molecule has 15 nitrogen and oxygen atoms in total. The highest BCUT2D eigenvalue weighted by atomic mass is 16.2. The molecular formula is C33H42N6O9. The fraction of sp³-hybridized carbons (Fsp3) is 0.545. The van der Waals surface area contributed by atoms with Crippen molar-refractivity contribution in [1.29, 1.82) is 0 Å². The lowest BCUT2D eigenvalue weighted by atomic mass is 10.2. The Balaban J connectivity index is 1.31. The summed E-state index contributed by atoms with van der Waals surface area (Å²) in [5.41, 5.74) is -2.02. The third-order valence-electron chi connectivity index (χ3n) is 8.63. The van der Waals surface area contributed by atoms with Gasteiger partial charge in [0.05, 0.1) is 0 Å². The number of aromatic nitrogens is 3. The van der Waals surface area contributed by atoms with E-state index in [1.807, 2.05) is 0 Å². The fourth-order valence-corrected chi connectivity index (χ4v) is 5.89. The molecule has 6 amide bonds. The van der Waals surface area contributed by atoms with Gasteiger partial charge in [-0.25, -0.2) is 28.1 Å². The summed E-state index contributed by atoms with van der Waals surface area (Å²) < 4.78 is 3.27. The quantitative estimate of drug-likeness (QED) is 0.134. The van der Waals surface area contributed by atoms with Crippen molar-refractivity contribution in [2.45, 2.75) is 96.7 Å². The first-order valence-electron chi connectivity index (χ1n) is 16.6. The monoisotopic (exact) mass is 666 g/mol. The van der Waals surface area contributed by atoms with E-state index in [2.05, 4.69) is 0 Å². The minimum Gasteiger partial charge on any atom is -0.275 e. The number of carbonyl (C=O) groups excluding carboxylic acids is 6. The number of amides is 6. The Morgan fingerprint density at radius 2 is 0.458 bits per heavy atom. The first-order valence-corrected chi connectivity index (χ1v) is 16.6. The van der Waals surface area contributed by atoms with Crippen LogP contribution in [0.2, 0.25) is 0 Å². The maximum absolute atomic E-state index is 13.4. The third kappa shape index (κ3) is 9.10. The minimum absolute atomic E-state index is 0.110. The van der Waals surface area contributed by atoms with Crippen LogP contribution in [0.4, 0.5) is 0 Å². The highest BCUT2D eigenvalue weighted by Crippen LogP contribution is 2.10. The fourth-order valence-electron chi connectivity index (χ4n) is 5.89. The highest BCUT2D eigenvalue weighted by molar-refractivity contribution is 6.13. The first-order chi connectivity index (χ1) is 23.1. The molecule has 0 fully saturated rings. The Labute approximate surface area is 276 Å². The van der Waals surface area contributed by atoms with Gasteiger partial charge >= 0.3 is 17.1 Å². The molecule has 4 heterocycles. The summed E-state index contributed by atoms with van der Waals surface area (Å²) >= 11 is 0. The Morgan fingerprint density at radius 3 is 0.667 bits per heavy atom. The lowest BCUT2D eigenvalue weighted by Gasteiger charge is -2.15. The van der Waals surface area contributed by atoms with Gasteiger partial charge in [-0.1, -0.05) is 38.5 Å². The van der Waals surface area contributed by atoms with Gasteiger partial charge in [0, 0.05) is 75.7 Å². The van der Waals surface area contributed by atoms with E-state index in [9.17, 15) is 43.2 Å². The Kier molecular flexibility index (Phi) is 12.9. The van der Waals surface area contributed by atoms with Crippen molar-refractivity contribution in [2.75, 3.05) is 19.6 Å². The molecule has 0 N–H and O–H groups in total. The van der Waals surface area contributed by atoms with Crippen molar-refractivity contribution in [1.82, 2.24) is 28.4 Å². The molecule has 0 aliphatic carbocycles. The average molecular weight is 667 g/mol. The van der Waals surface area contributed by atoms with Crippen LogP contribution in [-0.2, 0) is 48.4 Å². The first kappa shape index (κ1) is 35.9. The highest BCUT2D eigenvalue weighted by Gasteiger charge is 2.24. The molecule has 0 radical (unpaired) electrons. The van der Waals surface area contributed by atoms with Crippen LogP contribution in [0.5, 0.6) is 0 Å². The molecule has 1 aromatic heterocycles. The van der Waals surface area contributed by atoms with Crippen LogP contribution >= 0.6 is 0 Å². The zero-order chi connectivity index (χ0) is 34.6. The maximum Gasteiger partial charge on any atom is 0.336 e. The van der Waals surface area contributed by atoms with E-state index in [0.717, 1.165) is 13.7 Å². The van der Waals surface area contributed by atoms with E-state index >= 15 is 0 Å². The second-order valence-electron chi connectivity index (χ2n) is 12.0. The number of nitrogens with zero attached hydrogens (tertiary/aromatic N) is 6. The van der Waals surface area contributed by atoms with Crippen LogP contribution in [0.3, 0.4) is 0 Å². The SMILES string of the molecule is O=C1C=CC(=O)N1CCCCCCn1c(=O)n(CCCCCCN2C(=O)C=CC2=O)c(=O)n(CCCCCCN2C(=O)C=CC2=O)c1=O. The van der Waals surface area contributed by atoms with Gasteiger partial charge in [-0.3, -0.25) is 43.5 Å². The number of hydrogen-bond donors (Lipinski definition) is 0. The Morgan fingerprint density at radius 1 is 0.271 bits per heavy atom. The van der Waals surface area contributed by atoms with E-state index in [1.54, 1.807) is 0 Å². The molecule has 0 saturated carbocycles. The number of rotatable bonds is 21. The maximum atomic E-state index is 13.4. The van der Waals surface area contributed by atoms with Gasteiger partial charge in [0.15, 0.2) is 0 Å². The molecule has 0 bridgehead atoms. The lowest BCUT2D eigenvalue weighted by molar-refractivity contribution is -0.138. The van der Waals surface area contributed by atoms with Crippen molar-refractivity contribution >= 4 is 35.4 Å². The zero-order valence-corrected chi connectivity index (χ0v) is 27.0. The number of carbonyl (C=O) groups is 6. The predicted molar refractivity (Wildman–Crippen MR) is 172 cm³/mol. The Hall–Kier alpha value is -4.95. The van der Waals surface area contributed by atoms with Gasteiger partial charge < -0.3 is 0 Å². The summed E-state index contributed by atoms with van der Waals surface area (Å²) in [6.07, 6.45) is 14.6. The molecule has 0 spiro atoms. The molecule has 258 valence electrons. The second-order valence-corrected chi connectivity index (χ2v) is 12.0. The third-order valence-corrected chi connectivity index (χ3v) is 8.63. The van der Waals surface area contributed by atoms with Crippen LogP contribution in [0, 0.1) is 0 Å². The summed E-state index contributed by atoms with van der Waals surface area (Å²) in [6, 6.07) is 0. The minimum atomic E-state index is -0.673. The van der Waals surface area contributed by atoms with Crippen molar-refractivity contribution in [3.05, 3.63) is 67.9 Å². The number of imide groups is 3. The molecule has 4 rings (SSSR count). The average Bonchev–Trinajstić information content (AvgIpc) is 3.68. The van der Waals surface area contributed by atoms with Crippen LogP contribution in [0.15, 0.2) is 50.8 Å². The van der Waals surface area contributed by atoms with Gasteiger partial charge in [-0.15, -0.1) is 0 Å². The van der Waals surface area contributed by atoms with Crippen LogP contribution in [0.1, 0.15) is 77.0 Å². The topological polar surface area (TPSA) is 178 Å². The molecule has 1 aromatic rings. The van der Waals surface area contributed by atoms with E-state index in [1.165, 1.54) is 51.2 Å². The summed E-state index contributed by atoms with van der Waals surface area (Å²) in [5, 5.41) is 0. The summed E-state index contributed by atoms with van der Waals surface area (Å²) in [4.78, 5) is 114. The molecule has 0 unspecified atom stereocenters. The number of unbranched alkanes of at least 4 members (excludes halogenated alkanes) is 9. The second kappa shape index (κ2) is 17.3. The summed E-state index contributed by atoms with van der Waals surface area (Å²) in [6.45, 7) is 1.22. The molecule has 3 aliphatic rings. The summed E-state index contributed by atoms with van der Waals surface area (Å²) in [7, 11) is 0. The number of hydrogen-bond acceptors (Lipinski definition) is 9. The van der Waals surface area contributed by atoms with Gasteiger partial charge in [-0.2, -0.15) is 0 Å². The molecule has 0 aromatic carbocycles. The molecule has 0 saturated heterocycles. The van der Waals surface area contributed by atoms with E-state index in [-0.39, 0.29) is 55.1 Å². The van der Waals surface area contributed by atoms with E-state index in [0.29, 0.717) is 96.7 Å². The molecule has 0 atom stereocenters. The van der Waals surface area contributed by atoms with Crippen LogP contribution in [0.25, 0.3) is 0 Å². The van der Waals surface area contributed by atoms with Crippen molar-refractivity contribution < 1.29 is 28.8 Å². The van der Waals surface area contributed by atoms with Crippen molar-refractivity contribution in [2.24, 2.45) is 0 Å². The summed E-state index contributed by atoms with van der Waals surface area (Å²) in [5.74, 6) is -2.01. The molecule has 15 heteroatoms. The standard InChI is InChI=1S/C33H42N6O9/c40-25-13-14-26(41)34(25)19-7-1-4-10-22-37-31(46)38(23-11-5-2-8-20-35-27(42)15-16-28(35)43)33(48)39(32(37)47)24-12-6-3-9-21-36-29(44)17-18-30(36)45/h13-18H,1-12,19-24H2. The largest absolute Gasteiger partial charge is 0.336 e. The predicted octanol–water partition coefficient (Wildman–Crippen LogP) is 0.628. The van der Waals surface area contributed by atoms with E-state index in [4.69, 9.17) is 0 Å². The molecule has 48 heavy (non-hydrogen) atoms. The zero-order valence-electron chi connectivity index (χ0n) is 27.0. The van der Waals surface area contributed by atoms with Gasteiger partial charge in [-0.05, 0) is 38.5 Å². The lowest BCUT2D eigenvalue weighted by Crippen LogP contribution is -2.54. The van der Waals surface area contributed by atoms with Gasteiger partial charge in [0.25, 0.3) is 35.4 Å². The Bertz CT molecular complexity index is 1420. The van der Waals surface area contributed by atoms with Crippen molar-refractivity contribution in [3.63, 3.8) is 0 Å².